The minimum absolute atomic E-state index is 0.0793. The third kappa shape index (κ3) is 3.05. The van der Waals surface area contributed by atoms with Crippen LogP contribution in [0.4, 0.5) is 0 Å². The van der Waals surface area contributed by atoms with Crippen molar-refractivity contribution in [3.63, 3.8) is 0 Å². The number of nitrogens with zero attached hydrogens (tertiary/aromatic N) is 1. The van der Waals surface area contributed by atoms with Crippen LogP contribution in [0.2, 0.25) is 0 Å². The molecule has 2 heterocycles. The van der Waals surface area contributed by atoms with Crippen molar-refractivity contribution < 1.29 is 19.1 Å². The van der Waals surface area contributed by atoms with E-state index in [0.717, 1.165) is 12.0 Å². The quantitative estimate of drug-likeness (QED) is 0.782. The van der Waals surface area contributed by atoms with E-state index in [2.05, 4.69) is 13.8 Å². The molecule has 1 N–H and O–H groups in total. The number of ketones is 1. The first-order valence-electron chi connectivity index (χ1n) is 8.87. The molecule has 1 atom stereocenters. The molecular formula is C21H23NO4. The first-order valence-corrected chi connectivity index (χ1v) is 8.87. The van der Waals surface area contributed by atoms with E-state index in [0.29, 0.717) is 12.5 Å². The van der Waals surface area contributed by atoms with Crippen molar-refractivity contribution >= 4 is 11.7 Å². The van der Waals surface area contributed by atoms with Gasteiger partial charge in [0.25, 0.3) is 5.91 Å². The van der Waals surface area contributed by atoms with Gasteiger partial charge in [-0.15, -0.1) is 0 Å². The Kier molecular flexibility index (Phi) is 4.98. The van der Waals surface area contributed by atoms with Crippen LogP contribution in [0, 0.1) is 0 Å². The lowest BCUT2D eigenvalue weighted by Gasteiger charge is -2.26. The Morgan fingerprint density at radius 1 is 1.23 bits per heavy atom. The van der Waals surface area contributed by atoms with Crippen LogP contribution < -0.4 is 0 Å². The molecule has 0 aliphatic carbocycles. The van der Waals surface area contributed by atoms with Gasteiger partial charge in [0.05, 0.1) is 17.9 Å². The molecule has 1 aliphatic heterocycles. The lowest BCUT2D eigenvalue weighted by molar-refractivity contribution is -0.129. The number of furan rings is 1. The molecule has 0 saturated carbocycles. The van der Waals surface area contributed by atoms with E-state index in [1.54, 1.807) is 11.0 Å². The second-order valence-corrected chi connectivity index (χ2v) is 6.79. The summed E-state index contributed by atoms with van der Waals surface area (Å²) in [6.45, 7) is 6.62. The van der Waals surface area contributed by atoms with Gasteiger partial charge < -0.3 is 14.4 Å². The molecule has 0 radical (unpaired) electrons. The fourth-order valence-electron chi connectivity index (χ4n) is 3.31. The van der Waals surface area contributed by atoms with Crippen LogP contribution in [0.5, 0.6) is 0 Å². The topological polar surface area (TPSA) is 70.8 Å². The van der Waals surface area contributed by atoms with Gasteiger partial charge in [-0.25, -0.2) is 0 Å². The lowest BCUT2D eigenvalue weighted by atomic mass is 9.93. The van der Waals surface area contributed by atoms with Crippen LogP contribution >= 0.6 is 0 Å². The largest absolute Gasteiger partial charge is 0.503 e. The van der Waals surface area contributed by atoms with E-state index in [1.807, 2.05) is 31.2 Å². The van der Waals surface area contributed by atoms with Gasteiger partial charge in [0.15, 0.2) is 11.5 Å². The summed E-state index contributed by atoms with van der Waals surface area (Å²) in [5.74, 6) is -0.967. The van der Waals surface area contributed by atoms with Gasteiger partial charge in [-0.3, -0.25) is 9.59 Å². The molecule has 0 spiro atoms. The first kappa shape index (κ1) is 18.0. The number of benzene rings is 1. The monoisotopic (exact) mass is 353 g/mol. The van der Waals surface area contributed by atoms with Crippen molar-refractivity contribution in [1.82, 2.24) is 4.90 Å². The third-order valence-corrected chi connectivity index (χ3v) is 4.68. The predicted molar refractivity (Wildman–Crippen MR) is 98.0 cm³/mol. The minimum atomic E-state index is -0.610. The minimum Gasteiger partial charge on any atom is -0.503 e. The average Bonchev–Trinajstić information content (AvgIpc) is 3.25. The molecule has 0 bridgehead atoms. The normalized spacial score (nSPS) is 17.5. The summed E-state index contributed by atoms with van der Waals surface area (Å²) >= 11 is 0. The summed E-state index contributed by atoms with van der Waals surface area (Å²) in [4.78, 5) is 27.0. The SMILES string of the molecule is CCCN1C(=O)C(O)=C(C(=O)c2ccco2)C1c1ccc(C(C)C)cc1. The molecule has 5 heteroatoms. The second-order valence-electron chi connectivity index (χ2n) is 6.79. The summed E-state index contributed by atoms with van der Waals surface area (Å²) < 4.78 is 5.20. The number of carbonyl (C=O) groups is 2. The van der Waals surface area contributed by atoms with Gasteiger partial charge in [0, 0.05) is 6.54 Å². The average molecular weight is 353 g/mol. The second kappa shape index (κ2) is 7.20. The summed E-state index contributed by atoms with van der Waals surface area (Å²) in [6.07, 6.45) is 2.12. The van der Waals surface area contributed by atoms with E-state index >= 15 is 0 Å². The zero-order valence-electron chi connectivity index (χ0n) is 15.2. The Bertz CT molecular complexity index is 831. The Labute approximate surface area is 152 Å². The number of aliphatic hydroxyl groups excluding tert-OH is 1. The fourth-order valence-corrected chi connectivity index (χ4v) is 3.31. The van der Waals surface area contributed by atoms with E-state index in [1.165, 1.54) is 17.9 Å². The standard InChI is InChI=1S/C21H23NO4/c1-4-11-22-18(15-9-7-14(8-10-15)13(2)3)17(20(24)21(22)25)19(23)16-6-5-12-26-16/h5-10,12-13,18,24H,4,11H2,1-3H3. The van der Waals surface area contributed by atoms with Gasteiger partial charge in [-0.2, -0.15) is 0 Å². The Morgan fingerprint density at radius 3 is 2.46 bits per heavy atom. The number of amides is 1. The van der Waals surface area contributed by atoms with Crippen molar-refractivity contribution in [3.8, 4) is 0 Å². The molecule has 26 heavy (non-hydrogen) atoms. The highest BCUT2D eigenvalue weighted by Crippen LogP contribution is 2.39. The summed E-state index contributed by atoms with van der Waals surface area (Å²) in [5, 5.41) is 10.4. The van der Waals surface area contributed by atoms with E-state index in [4.69, 9.17) is 4.42 Å². The molecular weight excluding hydrogens is 330 g/mol. The van der Waals surface area contributed by atoms with E-state index < -0.39 is 23.5 Å². The zero-order chi connectivity index (χ0) is 18.8. The molecule has 136 valence electrons. The molecule has 2 aromatic rings. The fraction of sp³-hybridized carbons (Fsp3) is 0.333. The Balaban J connectivity index is 2.07. The van der Waals surface area contributed by atoms with Crippen LogP contribution in [0.25, 0.3) is 0 Å². The number of hydrogen-bond acceptors (Lipinski definition) is 4. The van der Waals surface area contributed by atoms with Crippen molar-refractivity contribution in [3.05, 3.63) is 70.9 Å². The highest BCUT2D eigenvalue weighted by Gasteiger charge is 2.43. The molecule has 1 unspecified atom stereocenters. The molecule has 5 nitrogen and oxygen atoms in total. The summed E-state index contributed by atoms with van der Waals surface area (Å²) in [6, 6.07) is 10.4. The summed E-state index contributed by atoms with van der Waals surface area (Å²) in [5.41, 5.74) is 2.05. The van der Waals surface area contributed by atoms with Crippen LogP contribution in [-0.4, -0.2) is 28.2 Å². The van der Waals surface area contributed by atoms with Crippen LogP contribution in [0.15, 0.2) is 58.4 Å². The van der Waals surface area contributed by atoms with Gasteiger partial charge in [0.2, 0.25) is 5.78 Å². The first-order chi connectivity index (χ1) is 12.5. The Hall–Kier alpha value is -2.82. The van der Waals surface area contributed by atoms with Gasteiger partial charge >= 0.3 is 0 Å². The van der Waals surface area contributed by atoms with E-state index in [9.17, 15) is 14.7 Å². The number of aliphatic hydroxyl groups is 1. The highest BCUT2D eigenvalue weighted by atomic mass is 16.3. The van der Waals surface area contributed by atoms with Crippen LogP contribution in [0.1, 0.15) is 60.8 Å². The molecule has 1 amide bonds. The van der Waals surface area contributed by atoms with Gasteiger partial charge in [-0.1, -0.05) is 45.0 Å². The molecule has 0 saturated heterocycles. The molecule has 1 aromatic heterocycles. The number of hydrogen-bond donors (Lipinski definition) is 1. The molecule has 3 rings (SSSR count). The van der Waals surface area contributed by atoms with Gasteiger partial charge in [0.1, 0.15) is 0 Å². The number of rotatable bonds is 6. The molecule has 1 aliphatic rings. The molecule has 0 fully saturated rings. The smallest absolute Gasteiger partial charge is 0.290 e. The summed E-state index contributed by atoms with van der Waals surface area (Å²) in [7, 11) is 0. The van der Waals surface area contributed by atoms with Crippen LogP contribution in [0.3, 0.4) is 0 Å². The predicted octanol–water partition coefficient (Wildman–Crippen LogP) is 4.39. The third-order valence-electron chi connectivity index (χ3n) is 4.68. The van der Waals surface area contributed by atoms with Crippen molar-refractivity contribution in [2.24, 2.45) is 0 Å². The highest BCUT2D eigenvalue weighted by molar-refractivity contribution is 6.14. The Morgan fingerprint density at radius 2 is 1.92 bits per heavy atom. The number of Topliss-reactive ketones (excluding diaryl/α,β-unsaturated/α-hetero) is 1. The van der Waals surface area contributed by atoms with Crippen LogP contribution in [-0.2, 0) is 4.79 Å². The maximum atomic E-state index is 12.9. The van der Waals surface area contributed by atoms with E-state index in [-0.39, 0.29) is 11.3 Å². The lowest BCUT2D eigenvalue weighted by Crippen LogP contribution is -2.31. The maximum absolute atomic E-state index is 12.9. The molecule has 1 aromatic carbocycles. The van der Waals surface area contributed by atoms with Crippen molar-refractivity contribution in [1.29, 1.82) is 0 Å². The zero-order valence-corrected chi connectivity index (χ0v) is 15.2. The van der Waals surface area contributed by atoms with Crippen molar-refractivity contribution in [2.75, 3.05) is 6.54 Å². The maximum Gasteiger partial charge on any atom is 0.290 e. The number of carbonyl (C=O) groups excluding carboxylic acids is 2. The van der Waals surface area contributed by atoms with Gasteiger partial charge in [-0.05, 0) is 35.6 Å². The van der Waals surface area contributed by atoms with Crippen molar-refractivity contribution in [2.45, 2.75) is 39.2 Å².